The van der Waals surface area contributed by atoms with Crippen LogP contribution in [0, 0.1) is 28.1 Å². The molecule has 2 bridgehead atoms. The van der Waals surface area contributed by atoms with E-state index in [1.165, 1.54) is 34.6 Å². The number of fused-ring (bicyclic) bond motifs is 5. The highest BCUT2D eigenvalue weighted by Crippen LogP contribution is 2.65. The van der Waals surface area contributed by atoms with Crippen molar-refractivity contribution in [2.24, 2.45) is 28.1 Å². The van der Waals surface area contributed by atoms with Crippen molar-refractivity contribution in [2.75, 3.05) is 13.7 Å². The Kier molecular flexibility index (Phi) is 13.3. The van der Waals surface area contributed by atoms with Gasteiger partial charge < -0.3 is 58.9 Å². The fraction of sp³-hybridized carbons (Fsp3) is 0.795. The Bertz CT molecular complexity index is 1910. The van der Waals surface area contributed by atoms with Crippen LogP contribution in [0.1, 0.15) is 121 Å². The molecule has 3 saturated carbocycles. The standard InChI is InChI=1S/C44H65NO18/c1-21-26-28(59-22(2)46)31(49)42(11)24(47)18-25-43(20-58-25,63-37(55)57-12)29(42)32(60-33(50)23-16-14-13-15-17-23)44(56,40(26,8)9)19-41(21,10)61-34(51)27(48)30(39(6,7)35(52)53)45-36(54)62-38(3,4)5/h23-25,27-30,32,47-48,56H,13-20H2,1-12H3,(H,45,54)(H,52,53)/t24-,25+,27+,28+,29?,30+,32-,41-,42+,43-,44+/m0/s1. The van der Waals surface area contributed by atoms with Crippen LogP contribution in [0.2, 0.25) is 0 Å². The molecule has 1 aliphatic heterocycles. The lowest BCUT2D eigenvalue weighted by molar-refractivity contribution is -0.347. The molecule has 0 aromatic rings. The topological polar surface area (TPSA) is 277 Å². The monoisotopic (exact) mass is 895 g/mol. The molecule has 5 aliphatic rings. The molecule has 5 N–H and O–H groups in total. The zero-order chi connectivity index (χ0) is 47.6. The van der Waals surface area contributed by atoms with Gasteiger partial charge in [0.15, 0.2) is 23.6 Å². The molecule has 4 fully saturated rings. The van der Waals surface area contributed by atoms with Gasteiger partial charge in [0.05, 0.1) is 48.5 Å². The number of ketones is 1. The van der Waals surface area contributed by atoms with E-state index in [4.69, 9.17) is 33.2 Å². The summed E-state index contributed by atoms with van der Waals surface area (Å²) in [4.78, 5) is 96.2. The number of carbonyl (C=O) groups excluding carboxylic acids is 6. The van der Waals surface area contributed by atoms with Crippen molar-refractivity contribution in [1.82, 2.24) is 5.32 Å². The molecule has 0 radical (unpaired) electrons. The number of aliphatic hydroxyl groups excluding tert-OH is 2. The first-order valence-electron chi connectivity index (χ1n) is 21.4. The van der Waals surface area contributed by atoms with Crippen molar-refractivity contribution in [3.05, 3.63) is 11.1 Å². The van der Waals surface area contributed by atoms with Crippen molar-refractivity contribution in [2.45, 2.75) is 180 Å². The molecule has 11 atom stereocenters. The number of carboxylic acids is 1. The molecule has 5 rings (SSSR count). The number of aliphatic carboxylic acids is 1. The van der Waals surface area contributed by atoms with E-state index in [1.807, 2.05) is 0 Å². The average Bonchev–Trinajstić information content (AvgIpc) is 3.17. The maximum absolute atomic E-state index is 15.6. The lowest BCUT2D eigenvalue weighted by Crippen LogP contribution is -2.82. The van der Waals surface area contributed by atoms with Crippen molar-refractivity contribution in [3.63, 3.8) is 0 Å². The minimum absolute atomic E-state index is 0.0570. The Morgan fingerprint density at radius 2 is 1.54 bits per heavy atom. The number of nitrogens with one attached hydrogen (secondary N) is 1. The van der Waals surface area contributed by atoms with Gasteiger partial charge in [-0.25, -0.2) is 14.4 Å². The molecule has 1 amide bonds. The number of Topliss-reactive ketones (excluding diaryl/α,β-unsaturated/α-hetero) is 1. The summed E-state index contributed by atoms with van der Waals surface area (Å²) >= 11 is 0. The van der Waals surface area contributed by atoms with Crippen LogP contribution in [0.15, 0.2) is 11.1 Å². The number of ether oxygens (including phenoxy) is 7. The van der Waals surface area contributed by atoms with Crippen LogP contribution in [0.3, 0.4) is 0 Å². The number of methoxy groups -OCH3 is 1. The smallest absolute Gasteiger partial charge is 0.481 e. The van der Waals surface area contributed by atoms with Crippen molar-refractivity contribution in [1.29, 1.82) is 0 Å². The number of aliphatic hydroxyl groups is 3. The summed E-state index contributed by atoms with van der Waals surface area (Å²) in [5.74, 6) is -7.88. The highest BCUT2D eigenvalue weighted by Gasteiger charge is 2.79. The molecule has 0 aromatic heterocycles. The maximum Gasteiger partial charge on any atom is 0.508 e. The van der Waals surface area contributed by atoms with E-state index in [2.05, 4.69) is 5.32 Å². The van der Waals surface area contributed by atoms with Gasteiger partial charge in [-0.1, -0.05) is 33.1 Å². The lowest BCUT2D eigenvalue weighted by Gasteiger charge is -2.68. The fourth-order valence-electron chi connectivity index (χ4n) is 10.6. The quantitative estimate of drug-likeness (QED) is 0.119. The second-order valence-electron chi connectivity index (χ2n) is 20.4. The number of alkyl carbamates (subject to hydrolysis) is 1. The minimum atomic E-state index is -2.49. The summed E-state index contributed by atoms with van der Waals surface area (Å²) in [6.45, 7) is 14.8. The second kappa shape index (κ2) is 16.9. The van der Waals surface area contributed by atoms with Gasteiger partial charge >= 0.3 is 36.1 Å². The third-order valence-electron chi connectivity index (χ3n) is 14.5. The molecule has 63 heavy (non-hydrogen) atoms. The number of esters is 3. The third-order valence-corrected chi connectivity index (χ3v) is 14.5. The summed E-state index contributed by atoms with van der Waals surface area (Å²) in [6, 6.07) is -1.88. The molecule has 1 unspecified atom stereocenters. The number of rotatable bonds is 10. The molecular weight excluding hydrogens is 830 g/mol. The van der Waals surface area contributed by atoms with Crippen LogP contribution < -0.4 is 5.32 Å². The summed E-state index contributed by atoms with van der Waals surface area (Å²) < 4.78 is 40.6. The van der Waals surface area contributed by atoms with E-state index in [1.54, 1.807) is 20.8 Å². The molecule has 0 spiro atoms. The second-order valence-corrected chi connectivity index (χ2v) is 20.4. The molecule has 0 aromatic carbocycles. The molecule has 354 valence electrons. The number of carboxylic acid groups (broad SMARTS) is 1. The first kappa shape index (κ1) is 49.7. The third kappa shape index (κ3) is 8.42. The van der Waals surface area contributed by atoms with Crippen LogP contribution in [0.5, 0.6) is 0 Å². The number of hydrogen-bond donors (Lipinski definition) is 5. The van der Waals surface area contributed by atoms with Gasteiger partial charge in [0.2, 0.25) is 0 Å². The number of amides is 1. The van der Waals surface area contributed by atoms with Gasteiger partial charge in [-0.15, -0.1) is 0 Å². The predicted molar refractivity (Wildman–Crippen MR) is 216 cm³/mol. The van der Waals surface area contributed by atoms with E-state index >= 15 is 4.79 Å². The van der Waals surface area contributed by atoms with Gasteiger partial charge in [0.1, 0.15) is 29.0 Å². The molecular formula is C44H65NO18. The van der Waals surface area contributed by atoms with Gasteiger partial charge in [-0.05, 0) is 79.4 Å². The molecule has 19 heteroatoms. The molecule has 4 aliphatic carbocycles. The van der Waals surface area contributed by atoms with E-state index in [0.29, 0.717) is 25.7 Å². The number of hydrogen-bond acceptors (Lipinski definition) is 17. The lowest BCUT2D eigenvalue weighted by atomic mass is 9.44. The summed E-state index contributed by atoms with van der Waals surface area (Å²) in [7, 11) is 1.06. The zero-order valence-corrected chi connectivity index (χ0v) is 38.3. The Morgan fingerprint density at radius 1 is 0.937 bits per heavy atom. The van der Waals surface area contributed by atoms with Gasteiger partial charge in [0.25, 0.3) is 0 Å². The van der Waals surface area contributed by atoms with Gasteiger partial charge in [-0.2, -0.15) is 0 Å². The molecule has 1 heterocycles. The van der Waals surface area contributed by atoms with Gasteiger partial charge in [-0.3, -0.25) is 19.2 Å². The van der Waals surface area contributed by atoms with E-state index in [-0.39, 0.29) is 17.6 Å². The van der Waals surface area contributed by atoms with Gasteiger partial charge in [0, 0.05) is 25.2 Å². The highest BCUT2D eigenvalue weighted by atomic mass is 16.8. The van der Waals surface area contributed by atoms with E-state index in [0.717, 1.165) is 34.3 Å². The largest absolute Gasteiger partial charge is 0.508 e. The van der Waals surface area contributed by atoms with Crippen LogP contribution in [0.25, 0.3) is 0 Å². The number of carbonyl (C=O) groups is 7. The normalized spacial score (nSPS) is 35.1. The highest BCUT2D eigenvalue weighted by molar-refractivity contribution is 5.95. The Labute approximate surface area is 366 Å². The van der Waals surface area contributed by atoms with Crippen LogP contribution in [-0.4, -0.2) is 135 Å². The summed E-state index contributed by atoms with van der Waals surface area (Å²) in [6.07, 6.45) is -9.04. The fourth-order valence-corrected chi connectivity index (χ4v) is 10.6. The molecule has 1 saturated heterocycles. The summed E-state index contributed by atoms with van der Waals surface area (Å²) in [5.41, 5.74) is -13.5. The predicted octanol–water partition coefficient (Wildman–Crippen LogP) is 3.45. The Balaban J connectivity index is 1.77. The summed E-state index contributed by atoms with van der Waals surface area (Å²) in [5, 5.41) is 50.1. The van der Waals surface area contributed by atoms with E-state index < -0.39 is 142 Å². The van der Waals surface area contributed by atoms with Crippen LogP contribution >= 0.6 is 0 Å². The van der Waals surface area contributed by atoms with Crippen LogP contribution in [-0.2, 0) is 57.1 Å². The Morgan fingerprint density at radius 3 is 2.05 bits per heavy atom. The van der Waals surface area contributed by atoms with E-state index in [9.17, 15) is 49.2 Å². The SMILES string of the molecule is COC(=O)O[C@@]12CO[C@@H]1C[C@H](O)[C@@]1(C)C(=O)[C@H](OC(C)=O)C3=C(C)[C@@](C)(OC(=O)[C@H](O)[C@@H](NC(=O)OC(C)(C)C)C(C)(C)C(=O)O)C[C@@](O)([C@@H](OC(=O)C4CCCCC4)C12)C3(C)C. The van der Waals surface area contributed by atoms with Crippen LogP contribution in [0.4, 0.5) is 9.59 Å². The van der Waals surface area contributed by atoms with Crippen molar-refractivity contribution in [3.8, 4) is 0 Å². The molecule has 19 nitrogen and oxygen atoms in total. The zero-order valence-electron chi connectivity index (χ0n) is 38.3. The minimum Gasteiger partial charge on any atom is -0.481 e. The maximum atomic E-state index is 15.6. The van der Waals surface area contributed by atoms with Crippen molar-refractivity contribution < 1.29 is 87.1 Å². The van der Waals surface area contributed by atoms with Crippen molar-refractivity contribution >= 4 is 41.9 Å². The first-order chi connectivity index (χ1) is 28.9. The average molecular weight is 896 g/mol. The first-order valence-corrected chi connectivity index (χ1v) is 21.4. The Hall–Kier alpha value is -4.33.